The number of nitrogens with zero attached hydrogens (tertiary/aromatic N) is 2. The van der Waals surface area contributed by atoms with Crippen LogP contribution in [0.1, 0.15) is 55.9 Å². The molecule has 2 fully saturated rings. The Bertz CT molecular complexity index is 537. The third-order valence-corrected chi connectivity index (χ3v) is 5.15. The Morgan fingerprint density at radius 2 is 2.17 bits per heavy atom. The van der Waals surface area contributed by atoms with E-state index >= 15 is 0 Å². The lowest BCUT2D eigenvalue weighted by Crippen LogP contribution is -2.37. The van der Waals surface area contributed by atoms with Crippen LogP contribution < -0.4 is 10.6 Å². The predicted molar refractivity (Wildman–Crippen MR) is 88.1 cm³/mol. The van der Waals surface area contributed by atoms with Gasteiger partial charge in [-0.3, -0.25) is 9.48 Å². The van der Waals surface area contributed by atoms with Crippen molar-refractivity contribution < 1.29 is 9.53 Å². The summed E-state index contributed by atoms with van der Waals surface area (Å²) in [6, 6.07) is 0.667. The van der Waals surface area contributed by atoms with Crippen molar-refractivity contribution in [3.8, 4) is 0 Å². The van der Waals surface area contributed by atoms with Crippen molar-refractivity contribution in [2.45, 2.75) is 63.6 Å². The Morgan fingerprint density at radius 3 is 2.87 bits per heavy atom. The van der Waals surface area contributed by atoms with Crippen LogP contribution in [-0.2, 0) is 16.6 Å². The molecular weight excluding hydrogens is 292 g/mol. The number of amides is 1. The SMILES string of the molecule is Cc1c([C@H]2OCC[C@@H]2NCCC(=O)NC2CCCC2)cnn1C. The van der Waals surface area contributed by atoms with E-state index in [0.29, 0.717) is 19.0 Å². The van der Waals surface area contributed by atoms with E-state index in [0.717, 1.165) is 37.1 Å². The van der Waals surface area contributed by atoms with Gasteiger partial charge in [0.1, 0.15) is 6.10 Å². The number of aryl methyl sites for hydroxylation is 1. The van der Waals surface area contributed by atoms with Crippen LogP contribution in [0.15, 0.2) is 6.20 Å². The maximum absolute atomic E-state index is 12.0. The molecule has 1 amide bonds. The third-order valence-electron chi connectivity index (χ3n) is 5.15. The number of ether oxygens (including phenoxy) is 1. The molecular formula is C17H28N4O2. The molecule has 6 heteroatoms. The Balaban J connectivity index is 1.45. The highest BCUT2D eigenvalue weighted by molar-refractivity contribution is 5.76. The summed E-state index contributed by atoms with van der Waals surface area (Å²) in [6.45, 7) is 3.52. The lowest BCUT2D eigenvalue weighted by atomic mass is 10.0. The van der Waals surface area contributed by atoms with Crippen LogP contribution in [-0.4, -0.2) is 40.9 Å². The summed E-state index contributed by atoms with van der Waals surface area (Å²) in [4.78, 5) is 12.0. The molecule has 2 N–H and O–H groups in total. The van der Waals surface area contributed by atoms with Crippen LogP contribution in [0.2, 0.25) is 0 Å². The third kappa shape index (κ3) is 3.93. The highest BCUT2D eigenvalue weighted by Crippen LogP contribution is 2.30. The van der Waals surface area contributed by atoms with Gasteiger partial charge in [0.25, 0.3) is 0 Å². The second-order valence-corrected chi connectivity index (χ2v) is 6.75. The molecule has 3 rings (SSSR count). The molecule has 0 radical (unpaired) electrons. The fourth-order valence-corrected chi connectivity index (χ4v) is 3.64. The molecule has 1 saturated carbocycles. The fourth-order valence-electron chi connectivity index (χ4n) is 3.64. The minimum atomic E-state index is 0.0431. The lowest BCUT2D eigenvalue weighted by Gasteiger charge is -2.20. The molecule has 0 aromatic carbocycles. The van der Waals surface area contributed by atoms with Gasteiger partial charge in [-0.15, -0.1) is 0 Å². The number of aromatic nitrogens is 2. The van der Waals surface area contributed by atoms with E-state index in [1.165, 1.54) is 12.8 Å². The first-order chi connectivity index (χ1) is 11.1. The largest absolute Gasteiger partial charge is 0.372 e. The molecule has 23 heavy (non-hydrogen) atoms. The summed E-state index contributed by atoms with van der Waals surface area (Å²) >= 11 is 0. The van der Waals surface area contributed by atoms with Crippen LogP contribution in [0.4, 0.5) is 0 Å². The fraction of sp³-hybridized carbons (Fsp3) is 0.765. The second kappa shape index (κ2) is 7.45. The molecule has 0 bridgehead atoms. The van der Waals surface area contributed by atoms with Crippen molar-refractivity contribution in [1.29, 1.82) is 0 Å². The number of hydrogen-bond acceptors (Lipinski definition) is 4. The molecule has 2 heterocycles. The zero-order valence-electron chi connectivity index (χ0n) is 14.2. The number of carbonyl (C=O) groups excluding carboxylic acids is 1. The van der Waals surface area contributed by atoms with Gasteiger partial charge in [-0.1, -0.05) is 12.8 Å². The van der Waals surface area contributed by atoms with Gasteiger partial charge in [0.2, 0.25) is 5.91 Å². The zero-order valence-corrected chi connectivity index (χ0v) is 14.2. The van der Waals surface area contributed by atoms with Crippen LogP contribution in [0.3, 0.4) is 0 Å². The molecule has 1 aliphatic heterocycles. The highest BCUT2D eigenvalue weighted by Gasteiger charge is 2.31. The standard InChI is InChI=1S/C17H28N4O2/c1-12-14(11-19-21(12)2)17-15(8-10-23-17)18-9-7-16(22)20-13-5-3-4-6-13/h11,13,15,17-18H,3-10H2,1-2H3,(H,20,22)/t15-,17+/m0/s1. The summed E-state index contributed by atoms with van der Waals surface area (Å²) < 4.78 is 7.77. The smallest absolute Gasteiger partial charge is 0.221 e. The Hall–Kier alpha value is -1.40. The molecule has 1 aromatic rings. The van der Waals surface area contributed by atoms with Crippen molar-refractivity contribution in [2.24, 2.45) is 7.05 Å². The minimum absolute atomic E-state index is 0.0431. The van der Waals surface area contributed by atoms with Gasteiger partial charge >= 0.3 is 0 Å². The Labute approximate surface area is 138 Å². The van der Waals surface area contributed by atoms with Crippen LogP contribution in [0.25, 0.3) is 0 Å². The van der Waals surface area contributed by atoms with E-state index in [9.17, 15) is 4.79 Å². The summed E-state index contributed by atoms with van der Waals surface area (Å²) in [6.07, 6.45) is 8.21. The number of nitrogens with one attached hydrogen (secondary N) is 2. The molecule has 1 saturated heterocycles. The van der Waals surface area contributed by atoms with Gasteiger partial charge in [0.05, 0.1) is 6.20 Å². The molecule has 1 aliphatic carbocycles. The molecule has 0 unspecified atom stereocenters. The molecule has 6 nitrogen and oxygen atoms in total. The minimum Gasteiger partial charge on any atom is -0.372 e. The van der Waals surface area contributed by atoms with Gasteiger partial charge in [-0.05, 0) is 26.2 Å². The van der Waals surface area contributed by atoms with E-state index in [-0.39, 0.29) is 18.1 Å². The van der Waals surface area contributed by atoms with E-state index in [2.05, 4.69) is 22.7 Å². The Kier molecular flexibility index (Phi) is 5.33. The van der Waals surface area contributed by atoms with Gasteiger partial charge in [0, 0.05) is 50.0 Å². The van der Waals surface area contributed by atoms with Crippen molar-refractivity contribution in [3.63, 3.8) is 0 Å². The van der Waals surface area contributed by atoms with Crippen molar-refractivity contribution in [3.05, 3.63) is 17.5 Å². The van der Waals surface area contributed by atoms with Gasteiger partial charge < -0.3 is 15.4 Å². The van der Waals surface area contributed by atoms with Crippen LogP contribution in [0.5, 0.6) is 0 Å². The molecule has 2 atom stereocenters. The maximum atomic E-state index is 12.0. The number of hydrogen-bond donors (Lipinski definition) is 2. The topological polar surface area (TPSA) is 68.2 Å². The van der Waals surface area contributed by atoms with E-state index < -0.39 is 0 Å². The predicted octanol–water partition coefficient (Wildman–Crippen LogP) is 1.60. The first-order valence-corrected chi connectivity index (χ1v) is 8.78. The second-order valence-electron chi connectivity index (χ2n) is 6.75. The number of carbonyl (C=O) groups is 1. The van der Waals surface area contributed by atoms with Crippen molar-refractivity contribution in [2.75, 3.05) is 13.2 Å². The summed E-state index contributed by atoms with van der Waals surface area (Å²) in [5.41, 5.74) is 2.29. The van der Waals surface area contributed by atoms with Crippen LogP contribution >= 0.6 is 0 Å². The van der Waals surface area contributed by atoms with Gasteiger partial charge in [-0.2, -0.15) is 5.10 Å². The first-order valence-electron chi connectivity index (χ1n) is 8.78. The summed E-state index contributed by atoms with van der Waals surface area (Å²) in [5.74, 6) is 0.164. The molecule has 0 spiro atoms. The van der Waals surface area contributed by atoms with E-state index in [1.54, 1.807) is 0 Å². The normalized spacial score (nSPS) is 25.1. The van der Waals surface area contributed by atoms with Gasteiger partial charge in [0.15, 0.2) is 0 Å². The average molecular weight is 320 g/mol. The van der Waals surface area contributed by atoms with Crippen molar-refractivity contribution in [1.82, 2.24) is 20.4 Å². The Morgan fingerprint density at radius 1 is 1.39 bits per heavy atom. The summed E-state index contributed by atoms with van der Waals surface area (Å²) in [7, 11) is 1.95. The quantitative estimate of drug-likeness (QED) is 0.835. The number of rotatable bonds is 6. The van der Waals surface area contributed by atoms with Crippen molar-refractivity contribution >= 4 is 5.91 Å². The molecule has 1 aromatic heterocycles. The van der Waals surface area contributed by atoms with E-state index in [1.807, 2.05) is 17.9 Å². The molecule has 128 valence electrons. The first kappa shape index (κ1) is 16.5. The van der Waals surface area contributed by atoms with E-state index in [4.69, 9.17) is 4.74 Å². The maximum Gasteiger partial charge on any atom is 0.221 e. The molecule has 2 aliphatic rings. The average Bonchev–Trinajstić information content (AvgIpc) is 3.24. The zero-order chi connectivity index (χ0) is 16.2. The monoisotopic (exact) mass is 320 g/mol. The summed E-state index contributed by atoms with van der Waals surface area (Å²) in [5, 5.41) is 10.9. The van der Waals surface area contributed by atoms with Gasteiger partial charge in [-0.25, -0.2) is 0 Å². The lowest BCUT2D eigenvalue weighted by molar-refractivity contribution is -0.121. The highest BCUT2D eigenvalue weighted by atomic mass is 16.5. The van der Waals surface area contributed by atoms with Crippen LogP contribution in [0, 0.1) is 6.92 Å².